The molecule has 0 aliphatic carbocycles. The van der Waals surface area contributed by atoms with Gasteiger partial charge in [0.15, 0.2) is 0 Å². The van der Waals surface area contributed by atoms with Gasteiger partial charge < -0.3 is 4.40 Å². The van der Waals surface area contributed by atoms with E-state index >= 15 is 0 Å². The Balaban J connectivity index is 2.92. The Labute approximate surface area is 80.2 Å². The van der Waals surface area contributed by atoms with Crippen LogP contribution >= 0.6 is 15.9 Å². The monoisotopic (exact) mass is 222 g/mol. The molecule has 4 heteroatoms. The number of hydrogen-bond acceptors (Lipinski definition) is 1. The fourth-order valence-electron chi connectivity index (χ4n) is 1.33. The summed E-state index contributed by atoms with van der Waals surface area (Å²) >= 11 is 3.45. The van der Waals surface area contributed by atoms with Crippen LogP contribution in [-0.2, 0) is 0 Å². The number of imidazole rings is 1. The molecule has 0 saturated carbocycles. The van der Waals surface area contributed by atoms with E-state index in [2.05, 4.69) is 39.2 Å². The van der Waals surface area contributed by atoms with Gasteiger partial charge in [-0.3, -0.25) is 0 Å². The highest BCUT2D eigenvalue weighted by molar-refractivity contribution is 9.10. The lowest BCUT2D eigenvalue weighted by molar-refractivity contribution is 1.11. The summed E-state index contributed by atoms with van der Waals surface area (Å²) in [5, 5.41) is 0. The number of aromatic nitrogens is 2. The average molecular weight is 223 g/mol. The lowest BCUT2D eigenvalue weighted by atomic mass is 9.98. The molecule has 0 bridgehead atoms. The molecule has 2 aromatic rings. The first kappa shape index (κ1) is 7.86. The summed E-state index contributed by atoms with van der Waals surface area (Å²) in [6, 6.07) is 2.07. The van der Waals surface area contributed by atoms with E-state index in [0.29, 0.717) is 0 Å². The van der Waals surface area contributed by atoms with Gasteiger partial charge in [0.25, 0.3) is 0 Å². The molecule has 2 heterocycles. The Morgan fingerprint density at radius 1 is 1.58 bits per heavy atom. The Morgan fingerprint density at radius 2 is 2.33 bits per heavy atom. The Bertz CT molecular complexity index is 436. The lowest BCUT2D eigenvalue weighted by Gasteiger charge is -2.00. The molecule has 0 aromatic carbocycles. The van der Waals surface area contributed by atoms with Crippen molar-refractivity contribution in [3.05, 3.63) is 28.6 Å². The zero-order valence-electron chi connectivity index (χ0n) is 7.00. The van der Waals surface area contributed by atoms with Gasteiger partial charge in [-0.05, 0) is 34.4 Å². The molecule has 2 rings (SSSR count). The van der Waals surface area contributed by atoms with Crippen LogP contribution in [0.3, 0.4) is 0 Å². The van der Waals surface area contributed by atoms with Crippen LogP contribution in [0.5, 0.6) is 0 Å². The van der Waals surface area contributed by atoms with Crippen LogP contribution in [0.15, 0.2) is 22.9 Å². The fraction of sp³-hybridized carbons (Fsp3) is 0.125. The molecule has 0 amide bonds. The summed E-state index contributed by atoms with van der Waals surface area (Å²) in [6.45, 7) is 2.05. The van der Waals surface area contributed by atoms with Crippen LogP contribution in [0.1, 0.15) is 5.69 Å². The number of halogens is 1. The second-order valence-corrected chi connectivity index (χ2v) is 3.85. The standard InChI is InChI=1S/C8H8BBrN2/c1-5-3-11-8-7(9)2-6(10)4-12(5)8/h2-4H,9H2,1H3. The Morgan fingerprint density at radius 3 is 3.08 bits per heavy atom. The van der Waals surface area contributed by atoms with Gasteiger partial charge in [0, 0.05) is 22.6 Å². The van der Waals surface area contributed by atoms with Gasteiger partial charge in [-0.15, -0.1) is 0 Å². The minimum atomic E-state index is 1.04. The second-order valence-electron chi connectivity index (χ2n) is 2.93. The van der Waals surface area contributed by atoms with Crippen LogP contribution in [-0.4, -0.2) is 17.2 Å². The Hall–Kier alpha value is -0.765. The number of pyridine rings is 1. The van der Waals surface area contributed by atoms with E-state index in [9.17, 15) is 0 Å². The summed E-state index contributed by atoms with van der Waals surface area (Å²) in [7, 11) is 2.06. The molecule has 0 N–H and O–H groups in total. The molecule has 0 atom stereocenters. The van der Waals surface area contributed by atoms with Crippen molar-refractivity contribution in [2.75, 3.05) is 0 Å². The van der Waals surface area contributed by atoms with Crippen molar-refractivity contribution in [2.24, 2.45) is 0 Å². The van der Waals surface area contributed by atoms with Crippen molar-refractivity contribution in [3.8, 4) is 0 Å². The first-order valence-corrected chi connectivity index (χ1v) is 4.57. The third-order valence-electron chi connectivity index (χ3n) is 1.94. The molecule has 2 aromatic heterocycles. The van der Waals surface area contributed by atoms with Crippen molar-refractivity contribution in [2.45, 2.75) is 6.92 Å². The van der Waals surface area contributed by atoms with Crippen LogP contribution in [0, 0.1) is 6.92 Å². The predicted octanol–water partition coefficient (Wildman–Crippen LogP) is 0.664. The molecular formula is C8H8BBrN2. The van der Waals surface area contributed by atoms with Crippen LogP contribution in [0.25, 0.3) is 5.65 Å². The number of aryl methyl sites for hydroxylation is 1. The Kier molecular flexibility index (Phi) is 1.72. The average Bonchev–Trinajstić information content (AvgIpc) is 2.33. The highest BCUT2D eigenvalue weighted by Crippen LogP contribution is 2.10. The van der Waals surface area contributed by atoms with E-state index in [1.165, 1.54) is 5.46 Å². The van der Waals surface area contributed by atoms with E-state index in [0.717, 1.165) is 15.8 Å². The quantitative estimate of drug-likeness (QED) is 0.599. The second kappa shape index (κ2) is 2.63. The smallest absolute Gasteiger partial charge is 0.144 e. The van der Waals surface area contributed by atoms with Crippen molar-refractivity contribution in [3.63, 3.8) is 0 Å². The van der Waals surface area contributed by atoms with Crippen molar-refractivity contribution in [1.29, 1.82) is 0 Å². The van der Waals surface area contributed by atoms with E-state index < -0.39 is 0 Å². The zero-order chi connectivity index (χ0) is 8.72. The maximum Gasteiger partial charge on any atom is 0.144 e. The molecule has 0 saturated heterocycles. The molecular weight excluding hydrogens is 215 g/mol. The largest absolute Gasteiger partial charge is 0.304 e. The molecule has 0 fully saturated rings. The first-order valence-electron chi connectivity index (χ1n) is 3.78. The summed E-state index contributed by atoms with van der Waals surface area (Å²) in [5.74, 6) is 0. The SMILES string of the molecule is Bc1cc(Br)cn2c(C)cnc12. The number of nitrogens with zero attached hydrogens (tertiary/aromatic N) is 2. The molecule has 0 aliphatic heterocycles. The molecule has 60 valence electrons. The molecule has 0 radical (unpaired) electrons. The van der Waals surface area contributed by atoms with Gasteiger partial charge in [-0.1, -0.05) is 0 Å². The van der Waals surface area contributed by atoms with Gasteiger partial charge in [0.05, 0.1) is 0 Å². The molecule has 0 aliphatic rings. The van der Waals surface area contributed by atoms with Crippen molar-refractivity contribution >= 4 is 34.9 Å². The van der Waals surface area contributed by atoms with Crippen LogP contribution < -0.4 is 5.46 Å². The summed E-state index contributed by atoms with van der Waals surface area (Å²) in [6.07, 6.45) is 3.92. The van der Waals surface area contributed by atoms with Crippen LogP contribution in [0.4, 0.5) is 0 Å². The van der Waals surface area contributed by atoms with Gasteiger partial charge in [-0.25, -0.2) is 4.98 Å². The maximum atomic E-state index is 4.30. The van der Waals surface area contributed by atoms with E-state index in [1.807, 2.05) is 19.3 Å². The van der Waals surface area contributed by atoms with E-state index in [1.54, 1.807) is 0 Å². The van der Waals surface area contributed by atoms with Gasteiger partial charge in [0.2, 0.25) is 0 Å². The summed E-state index contributed by atoms with van der Waals surface area (Å²) < 4.78 is 3.17. The highest BCUT2D eigenvalue weighted by atomic mass is 79.9. The normalized spacial score (nSPS) is 10.8. The minimum absolute atomic E-state index is 1.04. The molecule has 0 unspecified atom stereocenters. The lowest BCUT2D eigenvalue weighted by Crippen LogP contribution is -2.07. The van der Waals surface area contributed by atoms with Crippen LogP contribution in [0.2, 0.25) is 0 Å². The highest BCUT2D eigenvalue weighted by Gasteiger charge is 2.01. The number of rotatable bonds is 0. The number of fused-ring (bicyclic) bond motifs is 1. The van der Waals surface area contributed by atoms with E-state index in [4.69, 9.17) is 0 Å². The topological polar surface area (TPSA) is 17.3 Å². The molecule has 12 heavy (non-hydrogen) atoms. The van der Waals surface area contributed by atoms with Gasteiger partial charge in [-0.2, -0.15) is 0 Å². The third-order valence-corrected chi connectivity index (χ3v) is 2.38. The number of hydrogen-bond donors (Lipinski definition) is 0. The predicted molar refractivity (Wildman–Crippen MR) is 55.8 cm³/mol. The van der Waals surface area contributed by atoms with Crippen molar-refractivity contribution < 1.29 is 0 Å². The van der Waals surface area contributed by atoms with Gasteiger partial charge >= 0.3 is 0 Å². The van der Waals surface area contributed by atoms with E-state index in [-0.39, 0.29) is 0 Å². The molecule has 0 spiro atoms. The maximum absolute atomic E-state index is 4.30. The minimum Gasteiger partial charge on any atom is -0.304 e. The third kappa shape index (κ3) is 1.07. The molecule has 2 nitrogen and oxygen atoms in total. The zero-order valence-corrected chi connectivity index (χ0v) is 8.59. The summed E-state index contributed by atoms with van der Waals surface area (Å²) in [4.78, 5) is 4.30. The van der Waals surface area contributed by atoms with Crippen molar-refractivity contribution in [1.82, 2.24) is 9.38 Å². The fourth-order valence-corrected chi connectivity index (χ4v) is 1.88. The first-order chi connectivity index (χ1) is 5.68. The van der Waals surface area contributed by atoms with Gasteiger partial charge in [0.1, 0.15) is 13.5 Å². The summed E-state index contributed by atoms with van der Waals surface area (Å²) in [5.41, 5.74) is 3.39.